The number of nitrogens with zero attached hydrogens (tertiary/aromatic N) is 2. The van der Waals surface area contributed by atoms with Gasteiger partial charge in [0.15, 0.2) is 6.61 Å². The lowest BCUT2D eigenvalue weighted by Gasteiger charge is -2.09. The Kier molecular flexibility index (Phi) is 7.54. The number of aromatic nitrogens is 2. The molecule has 2 rings (SSSR count). The van der Waals surface area contributed by atoms with E-state index in [9.17, 15) is 14.4 Å². The number of carbonyl (C=O) groups excluding carboxylic acids is 2. The van der Waals surface area contributed by atoms with Crippen LogP contribution in [0.4, 0.5) is 0 Å². The number of primary amides is 1. The Morgan fingerprint density at radius 3 is 2.50 bits per heavy atom. The van der Waals surface area contributed by atoms with Crippen LogP contribution in [0.15, 0.2) is 12.3 Å². The Bertz CT molecular complexity index is 872. The van der Waals surface area contributed by atoms with E-state index in [0.29, 0.717) is 23.1 Å². The summed E-state index contributed by atoms with van der Waals surface area (Å²) < 4.78 is 7.21. The summed E-state index contributed by atoms with van der Waals surface area (Å²) >= 11 is 0. The topological polar surface area (TPSA) is 125 Å². The lowest BCUT2D eigenvalue weighted by atomic mass is 10.1. The molecular weight excluding hydrogens is 362 g/mol. The van der Waals surface area contributed by atoms with Crippen LogP contribution in [0.5, 0.6) is 5.88 Å². The fourth-order valence-electron chi connectivity index (χ4n) is 3.37. The molecule has 0 radical (unpaired) electrons. The zero-order valence-corrected chi connectivity index (χ0v) is 16.4. The number of nitrogens with two attached hydrogens (primary N) is 1. The summed E-state index contributed by atoms with van der Waals surface area (Å²) in [6.45, 7) is 3.99. The Labute approximate surface area is 163 Å². The minimum Gasteiger partial charge on any atom is -0.479 e. The lowest BCUT2D eigenvalue weighted by molar-refractivity contribution is -0.139. The summed E-state index contributed by atoms with van der Waals surface area (Å²) in [5, 5.41) is 9.21. The molecule has 0 bridgehead atoms. The lowest BCUT2D eigenvalue weighted by Crippen LogP contribution is -2.24. The van der Waals surface area contributed by atoms with Crippen LogP contribution in [0.25, 0.3) is 10.9 Å². The van der Waals surface area contributed by atoms with E-state index in [1.807, 2.05) is 4.57 Å². The highest BCUT2D eigenvalue weighted by Gasteiger charge is 2.26. The third kappa shape index (κ3) is 4.88. The first-order valence-corrected chi connectivity index (χ1v) is 9.55. The number of fused-ring (bicyclic) bond motifs is 1. The maximum Gasteiger partial charge on any atom is 0.341 e. The highest BCUT2D eigenvalue weighted by molar-refractivity contribution is 6.45. The monoisotopic (exact) mass is 389 g/mol. The van der Waals surface area contributed by atoms with Crippen molar-refractivity contribution in [1.29, 1.82) is 0 Å². The predicted octanol–water partition coefficient (Wildman–Crippen LogP) is 2.84. The molecule has 2 aromatic rings. The Morgan fingerprint density at radius 1 is 1.18 bits per heavy atom. The van der Waals surface area contributed by atoms with Crippen LogP contribution in [0.3, 0.4) is 0 Å². The van der Waals surface area contributed by atoms with Crippen molar-refractivity contribution in [1.82, 2.24) is 9.55 Å². The average molecular weight is 389 g/mol. The van der Waals surface area contributed by atoms with E-state index < -0.39 is 24.3 Å². The molecule has 8 heteroatoms. The third-order valence-electron chi connectivity index (χ3n) is 4.72. The van der Waals surface area contributed by atoms with E-state index in [-0.39, 0.29) is 11.4 Å². The number of carboxylic acid groups (broad SMARTS) is 1. The molecule has 0 fully saturated rings. The zero-order valence-electron chi connectivity index (χ0n) is 16.4. The van der Waals surface area contributed by atoms with Crippen LogP contribution in [0.1, 0.15) is 61.5 Å². The summed E-state index contributed by atoms with van der Waals surface area (Å²) in [5.41, 5.74) is 6.62. The first kappa shape index (κ1) is 21.4. The van der Waals surface area contributed by atoms with Crippen molar-refractivity contribution in [3.8, 4) is 5.88 Å². The number of carboxylic acids is 1. The van der Waals surface area contributed by atoms with Gasteiger partial charge in [-0.2, -0.15) is 0 Å². The molecule has 0 saturated heterocycles. The first-order valence-electron chi connectivity index (χ1n) is 9.55. The second kappa shape index (κ2) is 9.87. The zero-order chi connectivity index (χ0) is 20.7. The van der Waals surface area contributed by atoms with Crippen LogP contribution >= 0.6 is 0 Å². The molecule has 152 valence electrons. The van der Waals surface area contributed by atoms with Gasteiger partial charge in [-0.1, -0.05) is 39.0 Å². The van der Waals surface area contributed by atoms with Crippen molar-refractivity contribution in [2.45, 2.75) is 58.9 Å². The number of unbranched alkanes of at least 4 members (excludes halogenated alkanes) is 5. The Morgan fingerprint density at radius 2 is 1.86 bits per heavy atom. The molecule has 0 spiro atoms. The van der Waals surface area contributed by atoms with Crippen LogP contribution in [0, 0.1) is 6.92 Å². The number of aryl methyl sites for hydroxylation is 1. The van der Waals surface area contributed by atoms with Crippen LogP contribution in [0.2, 0.25) is 0 Å². The van der Waals surface area contributed by atoms with E-state index >= 15 is 0 Å². The van der Waals surface area contributed by atoms with Gasteiger partial charge in [-0.05, 0) is 19.4 Å². The van der Waals surface area contributed by atoms with Crippen molar-refractivity contribution >= 4 is 28.6 Å². The van der Waals surface area contributed by atoms with Gasteiger partial charge in [0.2, 0.25) is 5.88 Å². The SMILES string of the molecule is CCCCCCCCn1c(C)c(C(=O)C(N)=O)c2c(OCC(=O)O)nccc21. The molecule has 1 amide bonds. The summed E-state index contributed by atoms with van der Waals surface area (Å²) in [4.78, 5) is 38.9. The first-order chi connectivity index (χ1) is 13.4. The van der Waals surface area contributed by atoms with Gasteiger partial charge < -0.3 is 20.1 Å². The molecular formula is C20H27N3O5. The molecule has 2 aromatic heterocycles. The number of aliphatic carboxylic acids is 1. The van der Waals surface area contributed by atoms with Crippen LogP contribution in [-0.2, 0) is 16.1 Å². The molecule has 28 heavy (non-hydrogen) atoms. The molecule has 0 aliphatic rings. The standard InChI is InChI=1S/C20H27N3O5/c1-3-4-5-6-7-8-11-23-13(2)16(18(26)19(21)27)17-14(23)9-10-22-20(17)28-12-15(24)25/h9-10H,3-8,11-12H2,1-2H3,(H2,21,27)(H,24,25). The van der Waals surface area contributed by atoms with E-state index in [0.717, 1.165) is 19.3 Å². The number of hydrogen-bond acceptors (Lipinski definition) is 5. The molecule has 2 heterocycles. The summed E-state index contributed by atoms with van der Waals surface area (Å²) in [6, 6.07) is 1.73. The minimum absolute atomic E-state index is 0.00861. The molecule has 0 aliphatic heterocycles. The molecule has 0 aromatic carbocycles. The second-order valence-electron chi connectivity index (χ2n) is 6.77. The van der Waals surface area contributed by atoms with Crippen molar-refractivity contribution < 1.29 is 24.2 Å². The number of carbonyl (C=O) groups is 3. The molecule has 0 aliphatic carbocycles. The van der Waals surface area contributed by atoms with Crippen molar-refractivity contribution in [2.75, 3.05) is 6.61 Å². The Balaban J connectivity index is 2.40. The summed E-state index contributed by atoms with van der Waals surface area (Å²) in [5.74, 6) is -3.06. The quantitative estimate of drug-likeness (QED) is 0.327. The van der Waals surface area contributed by atoms with E-state index in [4.69, 9.17) is 15.6 Å². The number of amides is 1. The summed E-state index contributed by atoms with van der Waals surface area (Å²) in [6.07, 6.45) is 8.23. The average Bonchev–Trinajstić information content (AvgIpc) is 2.94. The van der Waals surface area contributed by atoms with Gasteiger partial charge in [-0.25, -0.2) is 9.78 Å². The van der Waals surface area contributed by atoms with Gasteiger partial charge >= 0.3 is 5.97 Å². The van der Waals surface area contributed by atoms with Crippen molar-refractivity contribution in [2.24, 2.45) is 5.73 Å². The molecule has 0 atom stereocenters. The van der Waals surface area contributed by atoms with Gasteiger partial charge in [-0.15, -0.1) is 0 Å². The van der Waals surface area contributed by atoms with Gasteiger partial charge in [-0.3, -0.25) is 9.59 Å². The molecule has 0 unspecified atom stereocenters. The predicted molar refractivity (Wildman–Crippen MR) is 105 cm³/mol. The third-order valence-corrected chi connectivity index (χ3v) is 4.72. The van der Waals surface area contributed by atoms with Gasteiger partial charge in [0, 0.05) is 18.4 Å². The summed E-state index contributed by atoms with van der Waals surface area (Å²) in [7, 11) is 0. The van der Waals surface area contributed by atoms with E-state index in [1.54, 1.807) is 13.0 Å². The number of Topliss-reactive ketones (excluding diaryl/α,β-unsaturated/α-hetero) is 1. The number of hydrogen-bond donors (Lipinski definition) is 2. The fourth-order valence-corrected chi connectivity index (χ4v) is 3.37. The maximum absolute atomic E-state index is 12.4. The maximum atomic E-state index is 12.4. The van der Waals surface area contributed by atoms with Gasteiger partial charge in [0.25, 0.3) is 11.7 Å². The van der Waals surface area contributed by atoms with Gasteiger partial charge in [0.05, 0.1) is 16.5 Å². The molecule has 8 nitrogen and oxygen atoms in total. The second-order valence-corrected chi connectivity index (χ2v) is 6.77. The minimum atomic E-state index is -1.16. The van der Waals surface area contributed by atoms with Crippen molar-refractivity contribution in [3.05, 3.63) is 23.5 Å². The van der Waals surface area contributed by atoms with E-state index in [1.165, 1.54) is 25.5 Å². The smallest absolute Gasteiger partial charge is 0.341 e. The van der Waals surface area contributed by atoms with Crippen molar-refractivity contribution in [3.63, 3.8) is 0 Å². The fraction of sp³-hybridized carbons (Fsp3) is 0.500. The van der Waals surface area contributed by atoms with E-state index in [2.05, 4.69) is 11.9 Å². The number of pyridine rings is 1. The van der Waals surface area contributed by atoms with Crippen LogP contribution < -0.4 is 10.5 Å². The van der Waals surface area contributed by atoms with Gasteiger partial charge in [0.1, 0.15) is 0 Å². The normalized spacial score (nSPS) is 10.9. The number of ketones is 1. The number of rotatable bonds is 12. The number of ether oxygens (including phenoxy) is 1. The molecule has 0 saturated carbocycles. The largest absolute Gasteiger partial charge is 0.479 e. The highest BCUT2D eigenvalue weighted by atomic mass is 16.5. The highest BCUT2D eigenvalue weighted by Crippen LogP contribution is 2.33. The Hall–Kier alpha value is -2.90. The molecule has 3 N–H and O–H groups in total. The van der Waals surface area contributed by atoms with Crippen LogP contribution in [-0.4, -0.2) is 38.9 Å².